The summed E-state index contributed by atoms with van der Waals surface area (Å²) in [6, 6.07) is 13.3. The first-order valence-corrected chi connectivity index (χ1v) is 8.70. The Labute approximate surface area is 152 Å². The van der Waals surface area contributed by atoms with Crippen LogP contribution in [0.5, 0.6) is 0 Å². The lowest BCUT2D eigenvalue weighted by molar-refractivity contribution is -0.134. The molecule has 0 radical (unpaired) electrons. The topological polar surface area (TPSA) is 58.2 Å². The number of hydrogen-bond acceptors (Lipinski definition) is 2. The first-order valence-electron chi connectivity index (χ1n) is 8.32. The molecule has 1 aliphatic rings. The molecule has 4 nitrogen and oxygen atoms in total. The summed E-state index contributed by atoms with van der Waals surface area (Å²) >= 11 is 6.09. The first kappa shape index (κ1) is 17.5. The number of hydrogen-bond donors (Lipinski definition) is 2. The zero-order valence-electron chi connectivity index (χ0n) is 14.4. The van der Waals surface area contributed by atoms with E-state index in [9.17, 15) is 9.59 Å². The zero-order valence-corrected chi connectivity index (χ0v) is 15.1. The van der Waals surface area contributed by atoms with Crippen LogP contribution in [0, 0.1) is 19.3 Å². The van der Waals surface area contributed by atoms with Crippen LogP contribution in [0.4, 0.5) is 5.69 Å². The molecule has 2 N–H and O–H groups in total. The normalized spacial score (nSPS) is 14.7. The van der Waals surface area contributed by atoms with E-state index in [0.29, 0.717) is 30.1 Å². The molecule has 0 heterocycles. The van der Waals surface area contributed by atoms with Gasteiger partial charge in [0.25, 0.3) is 0 Å². The maximum atomic E-state index is 12.6. The lowest BCUT2D eigenvalue weighted by Gasteiger charge is -2.16. The summed E-state index contributed by atoms with van der Waals surface area (Å²) < 4.78 is 0. The first-order chi connectivity index (χ1) is 11.9. The van der Waals surface area contributed by atoms with E-state index in [-0.39, 0.29) is 11.8 Å². The fourth-order valence-corrected chi connectivity index (χ4v) is 2.84. The van der Waals surface area contributed by atoms with Gasteiger partial charge >= 0.3 is 0 Å². The van der Waals surface area contributed by atoms with Crippen molar-refractivity contribution >= 4 is 29.1 Å². The van der Waals surface area contributed by atoms with E-state index in [1.54, 1.807) is 12.1 Å². The molecule has 2 aromatic carbocycles. The second kappa shape index (κ2) is 6.89. The van der Waals surface area contributed by atoms with Gasteiger partial charge in [-0.25, -0.2) is 0 Å². The molecule has 0 aromatic heterocycles. The van der Waals surface area contributed by atoms with Gasteiger partial charge in [-0.2, -0.15) is 0 Å². The monoisotopic (exact) mass is 356 g/mol. The summed E-state index contributed by atoms with van der Waals surface area (Å²) in [5, 5.41) is 6.29. The Balaban J connectivity index is 1.62. The Kier molecular flexibility index (Phi) is 4.82. The Bertz CT molecular complexity index is 811. The third-order valence-corrected chi connectivity index (χ3v) is 5.03. The summed E-state index contributed by atoms with van der Waals surface area (Å²) in [5.74, 6) is -0.488. The minimum atomic E-state index is -0.956. The number of anilines is 1. The van der Waals surface area contributed by atoms with Crippen LogP contribution in [0.3, 0.4) is 0 Å². The van der Waals surface area contributed by atoms with Crippen LogP contribution in [0.25, 0.3) is 0 Å². The lowest BCUT2D eigenvalue weighted by atomic mass is 10.0. The average molecular weight is 357 g/mol. The molecule has 1 saturated carbocycles. The Hall–Kier alpha value is -2.33. The number of rotatable bonds is 5. The van der Waals surface area contributed by atoms with Crippen LogP contribution in [-0.2, 0) is 16.1 Å². The Morgan fingerprint density at radius 2 is 1.72 bits per heavy atom. The average Bonchev–Trinajstić information content (AvgIpc) is 3.39. The lowest BCUT2D eigenvalue weighted by Crippen LogP contribution is -2.39. The maximum Gasteiger partial charge on any atom is 0.240 e. The predicted molar refractivity (Wildman–Crippen MR) is 99.5 cm³/mol. The minimum absolute atomic E-state index is 0.219. The zero-order chi connectivity index (χ0) is 18.0. The van der Waals surface area contributed by atoms with Gasteiger partial charge < -0.3 is 10.6 Å². The third-order valence-electron chi connectivity index (χ3n) is 4.62. The second-order valence-electron chi connectivity index (χ2n) is 6.67. The van der Waals surface area contributed by atoms with Gasteiger partial charge in [-0.1, -0.05) is 47.5 Å². The van der Waals surface area contributed by atoms with Crippen LogP contribution in [0.15, 0.2) is 42.5 Å². The number of carbonyl (C=O) groups is 2. The van der Waals surface area contributed by atoms with Crippen molar-refractivity contribution in [1.29, 1.82) is 0 Å². The molecule has 130 valence electrons. The van der Waals surface area contributed by atoms with Crippen LogP contribution >= 0.6 is 11.6 Å². The fourth-order valence-electron chi connectivity index (χ4n) is 2.66. The summed E-state index contributed by atoms with van der Waals surface area (Å²) in [6.07, 6.45) is 1.14. The van der Waals surface area contributed by atoms with Gasteiger partial charge in [0.1, 0.15) is 5.41 Å². The summed E-state index contributed by atoms with van der Waals surface area (Å²) in [7, 11) is 0. The number of nitrogens with one attached hydrogen (secondary N) is 2. The molecule has 2 aromatic rings. The number of aryl methyl sites for hydroxylation is 2. The highest BCUT2D eigenvalue weighted by atomic mass is 35.5. The van der Waals surface area contributed by atoms with E-state index in [4.69, 9.17) is 11.6 Å². The molecule has 0 unspecified atom stereocenters. The third kappa shape index (κ3) is 3.85. The highest BCUT2D eigenvalue weighted by Gasteiger charge is 2.56. The smallest absolute Gasteiger partial charge is 0.240 e. The molecule has 0 saturated heterocycles. The van der Waals surface area contributed by atoms with Crippen molar-refractivity contribution in [2.24, 2.45) is 5.41 Å². The van der Waals surface area contributed by atoms with Gasteiger partial charge in [0.05, 0.1) is 0 Å². The van der Waals surface area contributed by atoms with E-state index in [0.717, 1.165) is 11.1 Å². The number of carbonyl (C=O) groups excluding carboxylic acids is 2. The largest absolute Gasteiger partial charge is 0.351 e. The van der Waals surface area contributed by atoms with E-state index in [2.05, 4.69) is 10.6 Å². The van der Waals surface area contributed by atoms with E-state index in [1.807, 2.05) is 44.2 Å². The molecular formula is C20H21ClN2O2. The molecule has 0 aliphatic heterocycles. The minimum Gasteiger partial charge on any atom is -0.351 e. The maximum absolute atomic E-state index is 12.6. The van der Waals surface area contributed by atoms with Crippen molar-refractivity contribution in [2.45, 2.75) is 33.2 Å². The van der Waals surface area contributed by atoms with Crippen LogP contribution in [-0.4, -0.2) is 11.8 Å². The van der Waals surface area contributed by atoms with Crippen molar-refractivity contribution in [3.05, 3.63) is 64.2 Å². The molecule has 1 fully saturated rings. The predicted octanol–water partition coefficient (Wildman–Crippen LogP) is 3.99. The van der Waals surface area contributed by atoms with Gasteiger partial charge in [0.15, 0.2) is 0 Å². The highest BCUT2D eigenvalue weighted by molar-refractivity contribution is 6.31. The molecule has 0 atom stereocenters. The van der Waals surface area contributed by atoms with Crippen LogP contribution < -0.4 is 10.6 Å². The number of benzene rings is 2. The van der Waals surface area contributed by atoms with Crippen LogP contribution in [0.2, 0.25) is 5.02 Å². The molecule has 3 rings (SSSR count). The SMILES string of the molecule is Cc1ccc(CNC(=O)C2(C(=O)Nc3ccc(C)c(Cl)c3)CC2)cc1. The van der Waals surface area contributed by atoms with Gasteiger partial charge in [-0.15, -0.1) is 0 Å². The summed E-state index contributed by atoms with van der Waals surface area (Å²) in [4.78, 5) is 25.1. The molecular weight excluding hydrogens is 336 g/mol. The van der Waals surface area contributed by atoms with Gasteiger partial charge in [-0.3, -0.25) is 9.59 Å². The quantitative estimate of drug-likeness (QED) is 0.796. The van der Waals surface area contributed by atoms with Crippen molar-refractivity contribution in [2.75, 3.05) is 5.32 Å². The van der Waals surface area contributed by atoms with Crippen molar-refractivity contribution in [3.8, 4) is 0 Å². The molecule has 1 aliphatic carbocycles. The Morgan fingerprint density at radius 1 is 1.04 bits per heavy atom. The van der Waals surface area contributed by atoms with E-state index < -0.39 is 5.41 Å². The van der Waals surface area contributed by atoms with E-state index in [1.165, 1.54) is 5.56 Å². The molecule has 5 heteroatoms. The number of halogens is 1. The van der Waals surface area contributed by atoms with Gasteiger partial charge in [-0.05, 0) is 49.9 Å². The number of amides is 2. The molecule has 0 spiro atoms. The molecule has 0 bridgehead atoms. The molecule has 2 amide bonds. The van der Waals surface area contributed by atoms with Gasteiger partial charge in [0, 0.05) is 17.3 Å². The Morgan fingerprint density at radius 3 is 2.32 bits per heavy atom. The van der Waals surface area contributed by atoms with Crippen molar-refractivity contribution < 1.29 is 9.59 Å². The van der Waals surface area contributed by atoms with Crippen LogP contribution in [0.1, 0.15) is 29.5 Å². The van der Waals surface area contributed by atoms with E-state index >= 15 is 0 Å². The van der Waals surface area contributed by atoms with Crippen molar-refractivity contribution in [3.63, 3.8) is 0 Å². The molecule has 25 heavy (non-hydrogen) atoms. The highest BCUT2D eigenvalue weighted by Crippen LogP contribution is 2.47. The summed E-state index contributed by atoms with van der Waals surface area (Å²) in [6.45, 7) is 4.34. The standard InChI is InChI=1S/C20H21ClN2O2/c1-13-3-6-15(7-4-13)12-22-18(24)20(9-10-20)19(25)23-16-8-5-14(2)17(21)11-16/h3-8,11H,9-10,12H2,1-2H3,(H,22,24)(H,23,25). The van der Waals surface area contributed by atoms with Crippen molar-refractivity contribution in [1.82, 2.24) is 5.32 Å². The fraction of sp³-hybridized carbons (Fsp3) is 0.300. The summed E-state index contributed by atoms with van der Waals surface area (Å²) in [5.41, 5.74) is 2.78. The van der Waals surface area contributed by atoms with Gasteiger partial charge in [0.2, 0.25) is 11.8 Å². The second-order valence-corrected chi connectivity index (χ2v) is 7.08.